The van der Waals surface area contributed by atoms with E-state index in [0.717, 1.165) is 63.9 Å². The molecule has 2 heterocycles. The second-order valence-corrected chi connectivity index (χ2v) is 18.9. The Labute approximate surface area is 368 Å². The molecule has 1 fully saturated rings. The van der Waals surface area contributed by atoms with Crippen molar-refractivity contribution in [2.45, 2.75) is 48.8 Å². The van der Waals surface area contributed by atoms with Crippen molar-refractivity contribution in [1.82, 2.24) is 0 Å². The fourth-order valence-corrected chi connectivity index (χ4v) is 10.8. The monoisotopic (exact) mass is 818 g/mol. The highest BCUT2D eigenvalue weighted by atomic mass is 32.2. The van der Waals surface area contributed by atoms with Crippen molar-refractivity contribution < 1.29 is 0 Å². The minimum absolute atomic E-state index is 0.107. The Kier molecular flexibility index (Phi) is 9.46. The smallest absolute Gasteiger partial charge is 0.160 e. The van der Waals surface area contributed by atoms with Crippen LogP contribution in [0.15, 0.2) is 224 Å². The molecule has 4 atom stereocenters. The van der Waals surface area contributed by atoms with Crippen LogP contribution in [0, 0.1) is 11.8 Å². The van der Waals surface area contributed by atoms with Crippen molar-refractivity contribution in [3.63, 3.8) is 0 Å². The highest BCUT2D eigenvalue weighted by molar-refractivity contribution is 8.00. The zero-order valence-corrected chi connectivity index (χ0v) is 36.0. The van der Waals surface area contributed by atoms with Crippen molar-refractivity contribution >= 4 is 62.1 Å². The molecular weight excluding hydrogens is 773 g/mol. The molecule has 4 nitrogen and oxygen atoms in total. The predicted molar refractivity (Wildman–Crippen MR) is 262 cm³/mol. The van der Waals surface area contributed by atoms with Gasteiger partial charge in [-0.25, -0.2) is 15.0 Å². The van der Waals surface area contributed by atoms with Gasteiger partial charge in [0.25, 0.3) is 0 Å². The first-order valence-corrected chi connectivity index (χ1v) is 22.5. The molecule has 11 rings (SSSR count). The summed E-state index contributed by atoms with van der Waals surface area (Å²) >= 11 is 1.92. The first-order chi connectivity index (χ1) is 30.3. The Morgan fingerprint density at radius 1 is 0.565 bits per heavy atom. The van der Waals surface area contributed by atoms with Gasteiger partial charge in [0.15, 0.2) is 11.7 Å². The second-order valence-electron chi connectivity index (χ2n) is 17.3. The summed E-state index contributed by atoms with van der Waals surface area (Å²) in [6, 6.07) is 60.3. The fraction of sp³-hybridized carbons (Fsp3) is 0.158. The van der Waals surface area contributed by atoms with E-state index in [-0.39, 0.29) is 16.2 Å². The molecule has 2 aliphatic carbocycles. The maximum Gasteiger partial charge on any atom is 0.160 e. The Hall–Kier alpha value is -6.69. The zero-order valence-electron chi connectivity index (χ0n) is 35.2. The third-order valence-corrected chi connectivity index (χ3v) is 14.4. The van der Waals surface area contributed by atoms with E-state index in [1.54, 1.807) is 0 Å². The van der Waals surface area contributed by atoms with Gasteiger partial charge in [-0.15, -0.1) is 11.8 Å². The average Bonchev–Trinajstić information content (AvgIpc) is 3.98. The van der Waals surface area contributed by atoms with E-state index in [4.69, 9.17) is 20.0 Å². The third-order valence-electron chi connectivity index (χ3n) is 13.1. The van der Waals surface area contributed by atoms with E-state index in [0.29, 0.717) is 5.92 Å². The zero-order chi connectivity index (χ0) is 41.8. The lowest BCUT2D eigenvalue weighted by molar-refractivity contribution is 0.694. The molecule has 2 aliphatic heterocycles. The summed E-state index contributed by atoms with van der Waals surface area (Å²) in [5.74, 6) is 2.11. The van der Waals surface area contributed by atoms with Crippen LogP contribution in [0.1, 0.15) is 61.4 Å². The summed E-state index contributed by atoms with van der Waals surface area (Å²) in [4.78, 5) is 22.6. The summed E-state index contributed by atoms with van der Waals surface area (Å²) in [6.07, 6.45) is 8.87. The summed E-state index contributed by atoms with van der Waals surface area (Å²) in [5, 5.41) is 4.92. The molecule has 4 aliphatic rings. The van der Waals surface area contributed by atoms with Gasteiger partial charge in [-0.05, 0) is 94.3 Å². The van der Waals surface area contributed by atoms with E-state index in [1.165, 1.54) is 43.2 Å². The van der Waals surface area contributed by atoms with Gasteiger partial charge in [-0.3, -0.25) is 4.99 Å². The third kappa shape index (κ3) is 6.91. The molecule has 4 unspecified atom stereocenters. The molecule has 300 valence electrons. The van der Waals surface area contributed by atoms with E-state index < -0.39 is 0 Å². The second kappa shape index (κ2) is 15.3. The highest BCUT2D eigenvalue weighted by Crippen LogP contribution is 2.62. The number of allylic oxidation sites excluding steroid dienone is 2. The van der Waals surface area contributed by atoms with Crippen LogP contribution in [-0.4, -0.2) is 33.4 Å². The molecule has 0 bridgehead atoms. The van der Waals surface area contributed by atoms with Crippen molar-refractivity contribution in [2.24, 2.45) is 31.8 Å². The van der Waals surface area contributed by atoms with E-state index in [2.05, 4.69) is 203 Å². The summed E-state index contributed by atoms with van der Waals surface area (Å²) in [6.45, 7) is 6.90. The quantitative estimate of drug-likeness (QED) is 0.151. The lowest BCUT2D eigenvalue weighted by Gasteiger charge is -2.30. The van der Waals surface area contributed by atoms with Crippen LogP contribution in [-0.2, 0) is 0 Å². The van der Waals surface area contributed by atoms with Crippen LogP contribution in [0.25, 0.3) is 27.2 Å². The molecule has 62 heavy (non-hydrogen) atoms. The van der Waals surface area contributed by atoms with Gasteiger partial charge in [-0.1, -0.05) is 171 Å². The van der Waals surface area contributed by atoms with Gasteiger partial charge >= 0.3 is 0 Å². The minimum atomic E-state index is -0.334. The number of thioether (sulfide) groups is 1. The predicted octanol–water partition coefficient (Wildman–Crippen LogP) is 13.8. The van der Waals surface area contributed by atoms with Crippen molar-refractivity contribution in [2.75, 3.05) is 0 Å². The summed E-state index contributed by atoms with van der Waals surface area (Å²) in [5.41, 5.74) is 10.8. The number of amidine groups is 2. The van der Waals surface area contributed by atoms with Gasteiger partial charge in [0.2, 0.25) is 0 Å². The number of hydrogen-bond donors (Lipinski definition) is 0. The number of benzene rings is 7. The van der Waals surface area contributed by atoms with Crippen LogP contribution in [0.5, 0.6) is 0 Å². The Bertz CT molecular complexity index is 3130. The molecule has 0 radical (unpaired) electrons. The van der Waals surface area contributed by atoms with Gasteiger partial charge in [0.1, 0.15) is 0 Å². The standard InChI is InChI=1S/C57H46N4S/c1-37-34-50(46-24-22-39-14-10-12-20-44(39)35-46)58-54(42-16-6-4-7-17-42)59-52(37)41-26-28-49(29-27-41)62-56(3)32-30-48(31-33-56)57-38(2)51(57)53(60-55(61-57)43-18-8-5-9-19-43)47-25-23-40-15-11-13-21-45(40)36-47/h4-32,35-36,38,51H,33-34H2,1-3H3. The van der Waals surface area contributed by atoms with Crippen molar-refractivity contribution in [3.8, 4) is 0 Å². The number of hydrogen-bond acceptors (Lipinski definition) is 5. The van der Waals surface area contributed by atoms with Crippen LogP contribution in [0.4, 0.5) is 0 Å². The van der Waals surface area contributed by atoms with Gasteiger partial charge in [0, 0.05) is 38.7 Å². The maximum atomic E-state index is 5.54. The number of aliphatic imine (C=N–C) groups is 4. The number of fused-ring (bicyclic) bond motifs is 3. The molecule has 0 amide bonds. The van der Waals surface area contributed by atoms with E-state index in [9.17, 15) is 0 Å². The first-order valence-electron chi connectivity index (χ1n) is 21.7. The van der Waals surface area contributed by atoms with Crippen LogP contribution in [0.3, 0.4) is 0 Å². The van der Waals surface area contributed by atoms with Crippen LogP contribution < -0.4 is 0 Å². The molecular formula is C57H46N4S. The average molecular weight is 819 g/mol. The fourth-order valence-electron chi connectivity index (χ4n) is 9.69. The largest absolute Gasteiger partial charge is 0.254 e. The molecule has 1 saturated carbocycles. The van der Waals surface area contributed by atoms with Crippen molar-refractivity contribution in [3.05, 3.63) is 227 Å². The molecule has 5 heteroatoms. The van der Waals surface area contributed by atoms with Gasteiger partial charge < -0.3 is 0 Å². The molecule has 0 saturated heterocycles. The normalized spacial score (nSPS) is 23.2. The lowest BCUT2D eigenvalue weighted by atomic mass is 9.88. The summed E-state index contributed by atoms with van der Waals surface area (Å²) < 4.78 is -0.107. The number of rotatable bonds is 8. The Morgan fingerprint density at radius 3 is 1.79 bits per heavy atom. The molecule has 0 spiro atoms. The SMILES string of the molecule is CC1=C(c2ccc(SC3(C)C=CC(C45N=C(c6ccccc6)N=C(c6ccc7ccccc7c6)C4C5C)=CC3)cc2)N=C(c2ccccc2)N=C(c2ccc3ccccc3c2)C1. The highest BCUT2D eigenvalue weighted by Gasteiger charge is 2.68. The lowest BCUT2D eigenvalue weighted by Crippen LogP contribution is -2.28. The summed E-state index contributed by atoms with van der Waals surface area (Å²) in [7, 11) is 0. The molecule has 0 N–H and O–H groups in total. The molecule has 7 aromatic carbocycles. The van der Waals surface area contributed by atoms with E-state index in [1.807, 2.05) is 17.8 Å². The van der Waals surface area contributed by atoms with Crippen LogP contribution in [0.2, 0.25) is 0 Å². The number of nitrogens with zero attached hydrogens (tertiary/aromatic N) is 4. The molecule has 0 aromatic heterocycles. The topological polar surface area (TPSA) is 49.4 Å². The minimum Gasteiger partial charge on any atom is -0.254 e. The maximum absolute atomic E-state index is 5.54. The van der Waals surface area contributed by atoms with Crippen LogP contribution >= 0.6 is 11.8 Å². The van der Waals surface area contributed by atoms with Gasteiger partial charge in [0.05, 0.1) is 22.7 Å². The van der Waals surface area contributed by atoms with Gasteiger partial charge in [-0.2, -0.15) is 0 Å². The molecule has 7 aromatic rings. The Morgan fingerprint density at radius 2 is 1.15 bits per heavy atom. The van der Waals surface area contributed by atoms with E-state index >= 15 is 0 Å². The van der Waals surface area contributed by atoms with Crippen molar-refractivity contribution in [1.29, 1.82) is 0 Å². The Balaban J connectivity index is 0.858. The first kappa shape index (κ1) is 38.2.